The number of hydrogen-bond donors (Lipinski definition) is 1. The smallest absolute Gasteiger partial charge is 0.303 e. The van der Waals surface area contributed by atoms with Gasteiger partial charge in [-0.1, -0.05) is 41.6 Å². The number of nitrogens with zero attached hydrogens (tertiary/aromatic N) is 4. The molecule has 0 spiro atoms. The minimum atomic E-state index is -0.838. The standard InChI is InChI=1S/C21H22N4O3S/c1-15-4-6-16(7-5-15)13-29-21-24-20(28)18(9-17-10-22-14-23-11-17)12-25(21)8-2-3-19(26)27/h4-7,10-12,14H,2-3,8-9,13H2,1H3,(H,26,27). The normalized spacial score (nSPS) is 10.8. The van der Waals surface area contributed by atoms with Crippen molar-refractivity contribution in [2.24, 2.45) is 0 Å². The zero-order valence-electron chi connectivity index (χ0n) is 16.1. The zero-order chi connectivity index (χ0) is 20.6. The van der Waals surface area contributed by atoms with Gasteiger partial charge in [0.1, 0.15) is 6.33 Å². The Morgan fingerprint density at radius 3 is 2.55 bits per heavy atom. The predicted octanol–water partition coefficient (Wildman–Crippen LogP) is 3.09. The second-order valence-electron chi connectivity index (χ2n) is 6.74. The Hall–Kier alpha value is -3.00. The van der Waals surface area contributed by atoms with Crippen LogP contribution in [-0.4, -0.2) is 30.6 Å². The van der Waals surface area contributed by atoms with E-state index in [0.29, 0.717) is 35.9 Å². The maximum absolute atomic E-state index is 12.6. The van der Waals surface area contributed by atoms with E-state index >= 15 is 0 Å². The molecule has 0 aliphatic carbocycles. The molecule has 2 heterocycles. The molecule has 0 saturated carbocycles. The van der Waals surface area contributed by atoms with Crippen molar-refractivity contribution in [3.8, 4) is 0 Å². The highest BCUT2D eigenvalue weighted by Gasteiger charge is 2.11. The van der Waals surface area contributed by atoms with Crippen LogP contribution in [0.2, 0.25) is 0 Å². The van der Waals surface area contributed by atoms with Crippen molar-refractivity contribution < 1.29 is 9.90 Å². The van der Waals surface area contributed by atoms with Gasteiger partial charge in [-0.15, -0.1) is 0 Å². The molecule has 2 aromatic heterocycles. The molecule has 1 N–H and O–H groups in total. The van der Waals surface area contributed by atoms with Gasteiger partial charge in [0, 0.05) is 49.3 Å². The molecule has 1 aromatic carbocycles. The van der Waals surface area contributed by atoms with Crippen molar-refractivity contribution in [2.75, 3.05) is 0 Å². The second kappa shape index (κ2) is 9.97. The fourth-order valence-electron chi connectivity index (χ4n) is 2.79. The van der Waals surface area contributed by atoms with Crippen molar-refractivity contribution in [3.05, 3.63) is 81.8 Å². The largest absolute Gasteiger partial charge is 0.481 e. The lowest BCUT2D eigenvalue weighted by Gasteiger charge is -2.13. The summed E-state index contributed by atoms with van der Waals surface area (Å²) in [6.45, 7) is 2.52. The molecular formula is C21H22N4O3S. The number of benzene rings is 1. The molecule has 0 amide bonds. The van der Waals surface area contributed by atoms with Gasteiger partial charge < -0.3 is 9.67 Å². The molecule has 3 aromatic rings. The molecule has 0 saturated heterocycles. The number of carboxylic acids is 1. The first-order valence-electron chi connectivity index (χ1n) is 9.25. The van der Waals surface area contributed by atoms with E-state index in [0.717, 1.165) is 11.1 Å². The highest BCUT2D eigenvalue weighted by atomic mass is 32.2. The maximum Gasteiger partial charge on any atom is 0.303 e. The quantitative estimate of drug-likeness (QED) is 0.427. The number of aromatic nitrogens is 4. The fraction of sp³-hybridized carbons (Fsp3) is 0.286. The van der Waals surface area contributed by atoms with E-state index in [4.69, 9.17) is 5.11 Å². The van der Waals surface area contributed by atoms with Gasteiger partial charge in [-0.3, -0.25) is 9.59 Å². The van der Waals surface area contributed by atoms with E-state index in [2.05, 4.69) is 27.1 Å². The minimum Gasteiger partial charge on any atom is -0.481 e. The summed E-state index contributed by atoms with van der Waals surface area (Å²) in [4.78, 5) is 35.7. The van der Waals surface area contributed by atoms with Crippen molar-refractivity contribution in [1.29, 1.82) is 0 Å². The monoisotopic (exact) mass is 410 g/mol. The van der Waals surface area contributed by atoms with Gasteiger partial charge >= 0.3 is 5.97 Å². The van der Waals surface area contributed by atoms with Crippen LogP contribution in [0.4, 0.5) is 0 Å². The summed E-state index contributed by atoms with van der Waals surface area (Å²) in [5.41, 5.74) is 3.40. The first-order chi connectivity index (χ1) is 14.0. The summed E-state index contributed by atoms with van der Waals surface area (Å²) in [6, 6.07) is 8.21. The first-order valence-corrected chi connectivity index (χ1v) is 10.2. The zero-order valence-corrected chi connectivity index (χ0v) is 16.9. The molecule has 150 valence electrons. The topological polar surface area (TPSA) is 98.0 Å². The van der Waals surface area contributed by atoms with Gasteiger partial charge in [0.2, 0.25) is 0 Å². The van der Waals surface area contributed by atoms with Gasteiger partial charge in [-0.05, 0) is 24.5 Å². The Labute approximate surface area is 172 Å². The number of aryl methyl sites for hydroxylation is 2. The van der Waals surface area contributed by atoms with E-state index in [-0.39, 0.29) is 12.0 Å². The van der Waals surface area contributed by atoms with E-state index in [9.17, 15) is 9.59 Å². The number of hydrogen-bond acceptors (Lipinski definition) is 6. The van der Waals surface area contributed by atoms with Crippen LogP contribution in [0.25, 0.3) is 0 Å². The molecule has 0 aliphatic heterocycles. The van der Waals surface area contributed by atoms with Gasteiger partial charge in [0.15, 0.2) is 5.16 Å². The summed E-state index contributed by atoms with van der Waals surface area (Å²) in [5, 5.41) is 9.53. The average molecular weight is 410 g/mol. The summed E-state index contributed by atoms with van der Waals surface area (Å²) < 4.78 is 1.88. The summed E-state index contributed by atoms with van der Waals surface area (Å²) >= 11 is 1.47. The number of carbonyl (C=O) groups is 1. The fourth-order valence-corrected chi connectivity index (χ4v) is 3.74. The molecule has 0 aliphatic rings. The lowest BCUT2D eigenvalue weighted by Crippen LogP contribution is -2.20. The third-order valence-electron chi connectivity index (χ3n) is 4.32. The van der Waals surface area contributed by atoms with Crippen LogP contribution in [-0.2, 0) is 23.5 Å². The number of thioether (sulfide) groups is 1. The Morgan fingerprint density at radius 2 is 1.86 bits per heavy atom. The van der Waals surface area contributed by atoms with E-state index in [1.807, 2.05) is 23.6 Å². The second-order valence-corrected chi connectivity index (χ2v) is 7.68. The van der Waals surface area contributed by atoms with Crippen LogP contribution in [0.1, 0.15) is 35.1 Å². The first kappa shape index (κ1) is 20.7. The van der Waals surface area contributed by atoms with Crippen LogP contribution in [0.3, 0.4) is 0 Å². The van der Waals surface area contributed by atoms with E-state index in [1.165, 1.54) is 23.7 Å². The molecule has 3 rings (SSSR count). The van der Waals surface area contributed by atoms with Gasteiger partial charge in [0.25, 0.3) is 5.56 Å². The third-order valence-corrected chi connectivity index (χ3v) is 5.38. The van der Waals surface area contributed by atoms with E-state index < -0.39 is 5.97 Å². The molecule has 0 radical (unpaired) electrons. The number of aliphatic carboxylic acids is 1. The lowest BCUT2D eigenvalue weighted by molar-refractivity contribution is -0.137. The van der Waals surface area contributed by atoms with Crippen molar-refractivity contribution in [1.82, 2.24) is 19.5 Å². The summed E-state index contributed by atoms with van der Waals surface area (Å²) in [5.74, 6) is -0.160. The van der Waals surface area contributed by atoms with E-state index in [1.54, 1.807) is 18.6 Å². The Bertz CT molecular complexity index is 1020. The molecular weight excluding hydrogens is 388 g/mol. The highest BCUT2D eigenvalue weighted by molar-refractivity contribution is 7.98. The highest BCUT2D eigenvalue weighted by Crippen LogP contribution is 2.21. The molecule has 8 heteroatoms. The summed E-state index contributed by atoms with van der Waals surface area (Å²) in [7, 11) is 0. The van der Waals surface area contributed by atoms with Crippen molar-refractivity contribution >= 4 is 17.7 Å². The van der Waals surface area contributed by atoms with Crippen molar-refractivity contribution in [2.45, 2.75) is 43.6 Å². The van der Waals surface area contributed by atoms with Gasteiger partial charge in [-0.2, -0.15) is 4.98 Å². The van der Waals surface area contributed by atoms with Crippen LogP contribution < -0.4 is 5.56 Å². The SMILES string of the molecule is Cc1ccc(CSc2nc(=O)c(Cc3cncnc3)cn2CCCC(=O)O)cc1. The lowest BCUT2D eigenvalue weighted by atomic mass is 10.1. The molecule has 7 nitrogen and oxygen atoms in total. The van der Waals surface area contributed by atoms with Gasteiger partial charge in [-0.25, -0.2) is 9.97 Å². The maximum atomic E-state index is 12.6. The Kier molecular flexibility index (Phi) is 7.13. The number of rotatable bonds is 9. The van der Waals surface area contributed by atoms with Crippen molar-refractivity contribution in [3.63, 3.8) is 0 Å². The van der Waals surface area contributed by atoms with Gasteiger partial charge in [0.05, 0.1) is 0 Å². The number of carboxylic acid groups (broad SMARTS) is 1. The molecule has 29 heavy (non-hydrogen) atoms. The minimum absolute atomic E-state index is 0.0655. The predicted molar refractivity (Wildman–Crippen MR) is 111 cm³/mol. The average Bonchev–Trinajstić information content (AvgIpc) is 2.70. The van der Waals surface area contributed by atoms with Crippen LogP contribution in [0.5, 0.6) is 0 Å². The summed E-state index contributed by atoms with van der Waals surface area (Å²) in [6.07, 6.45) is 7.47. The van der Waals surface area contributed by atoms with Crippen LogP contribution in [0, 0.1) is 6.92 Å². The van der Waals surface area contributed by atoms with Crippen LogP contribution in [0.15, 0.2) is 59.1 Å². The molecule has 0 unspecified atom stereocenters. The Morgan fingerprint density at radius 1 is 1.14 bits per heavy atom. The molecule has 0 fully saturated rings. The third kappa shape index (κ3) is 6.25. The molecule has 0 bridgehead atoms. The molecule has 0 atom stereocenters. The van der Waals surface area contributed by atoms with Crippen LogP contribution >= 0.6 is 11.8 Å². The Balaban J connectivity index is 1.82.